The van der Waals surface area contributed by atoms with Gasteiger partial charge in [0.2, 0.25) is 0 Å². The van der Waals surface area contributed by atoms with Gasteiger partial charge in [0.05, 0.1) is 0 Å². The molecule has 1 aromatic carbocycles. The Kier molecular flexibility index (Phi) is 2.49. The molecular weight excluding hydrogens is 172 g/mol. The monoisotopic (exact) mass is 192 g/mol. The zero-order valence-corrected chi connectivity index (χ0v) is 9.73. The van der Waals surface area contributed by atoms with E-state index in [-0.39, 0.29) is 5.41 Å². The Morgan fingerprint density at radius 2 is 1.50 bits per heavy atom. The van der Waals surface area contributed by atoms with Gasteiger partial charge in [0.15, 0.2) is 0 Å². The summed E-state index contributed by atoms with van der Waals surface area (Å²) < 4.78 is 0. The van der Waals surface area contributed by atoms with Crippen LogP contribution in [0.2, 0.25) is 0 Å². The number of benzene rings is 1. The molecule has 2 heteroatoms. The SMILES string of the molecule is Cc1c(N)cc(C(C)(C)C)c(C)c1N. The molecule has 0 saturated heterocycles. The first-order chi connectivity index (χ1) is 6.25. The Labute approximate surface area is 86.3 Å². The maximum atomic E-state index is 6.00. The summed E-state index contributed by atoms with van der Waals surface area (Å²) in [7, 11) is 0. The lowest BCUT2D eigenvalue weighted by atomic mass is 9.82. The van der Waals surface area contributed by atoms with Crippen LogP contribution < -0.4 is 11.5 Å². The minimum absolute atomic E-state index is 0.0972. The molecule has 0 atom stereocenters. The number of rotatable bonds is 0. The van der Waals surface area contributed by atoms with Crippen molar-refractivity contribution in [2.45, 2.75) is 40.0 Å². The molecule has 0 aliphatic heterocycles. The van der Waals surface area contributed by atoms with E-state index in [0.29, 0.717) is 0 Å². The normalized spacial score (nSPS) is 11.8. The first-order valence-corrected chi connectivity index (χ1v) is 4.90. The summed E-state index contributed by atoms with van der Waals surface area (Å²) in [6.07, 6.45) is 0. The Bertz CT molecular complexity index is 360. The molecule has 1 aromatic rings. The molecule has 1 rings (SSSR count). The van der Waals surface area contributed by atoms with Gasteiger partial charge in [0, 0.05) is 11.4 Å². The molecule has 14 heavy (non-hydrogen) atoms. The topological polar surface area (TPSA) is 52.0 Å². The smallest absolute Gasteiger partial charge is 0.0397 e. The largest absolute Gasteiger partial charge is 0.398 e. The van der Waals surface area contributed by atoms with Crippen molar-refractivity contribution < 1.29 is 0 Å². The third-order valence-electron chi connectivity index (χ3n) is 2.75. The minimum atomic E-state index is 0.0972. The molecule has 0 amide bonds. The number of hydrogen-bond donors (Lipinski definition) is 2. The fourth-order valence-corrected chi connectivity index (χ4v) is 1.73. The molecule has 0 radical (unpaired) electrons. The Morgan fingerprint density at radius 3 is 1.93 bits per heavy atom. The maximum absolute atomic E-state index is 6.00. The molecule has 0 aliphatic rings. The van der Waals surface area contributed by atoms with Gasteiger partial charge in [-0.15, -0.1) is 0 Å². The lowest BCUT2D eigenvalue weighted by molar-refractivity contribution is 0.586. The second-order valence-corrected chi connectivity index (χ2v) is 4.93. The lowest BCUT2D eigenvalue weighted by Gasteiger charge is -2.24. The van der Waals surface area contributed by atoms with Crippen molar-refractivity contribution >= 4 is 11.4 Å². The van der Waals surface area contributed by atoms with Gasteiger partial charge in [-0.3, -0.25) is 0 Å². The highest BCUT2D eigenvalue weighted by Gasteiger charge is 2.19. The summed E-state index contributed by atoms with van der Waals surface area (Å²) in [6, 6.07) is 2.04. The van der Waals surface area contributed by atoms with E-state index in [1.807, 2.05) is 13.0 Å². The number of nitrogens with two attached hydrogens (primary N) is 2. The van der Waals surface area contributed by atoms with Crippen LogP contribution in [0.15, 0.2) is 6.07 Å². The van der Waals surface area contributed by atoms with Crippen molar-refractivity contribution in [3.8, 4) is 0 Å². The van der Waals surface area contributed by atoms with E-state index in [1.165, 1.54) is 5.56 Å². The third-order valence-corrected chi connectivity index (χ3v) is 2.75. The van der Waals surface area contributed by atoms with Gasteiger partial charge in [0.25, 0.3) is 0 Å². The summed E-state index contributed by atoms with van der Waals surface area (Å²) in [6.45, 7) is 10.5. The molecule has 0 aliphatic carbocycles. The lowest BCUT2D eigenvalue weighted by Crippen LogP contribution is -2.15. The van der Waals surface area contributed by atoms with Gasteiger partial charge >= 0.3 is 0 Å². The molecule has 0 bridgehead atoms. The van der Waals surface area contributed by atoms with Crippen molar-refractivity contribution in [1.82, 2.24) is 0 Å². The molecule has 0 fully saturated rings. The van der Waals surface area contributed by atoms with E-state index < -0.39 is 0 Å². The van der Waals surface area contributed by atoms with Gasteiger partial charge in [0.1, 0.15) is 0 Å². The quantitative estimate of drug-likeness (QED) is 0.621. The average Bonchev–Trinajstić information content (AvgIpc) is 2.06. The van der Waals surface area contributed by atoms with Crippen LogP contribution in [0.25, 0.3) is 0 Å². The summed E-state index contributed by atoms with van der Waals surface area (Å²) in [5, 5.41) is 0. The van der Waals surface area contributed by atoms with Crippen LogP contribution in [-0.4, -0.2) is 0 Å². The van der Waals surface area contributed by atoms with Gasteiger partial charge in [-0.25, -0.2) is 0 Å². The molecule has 0 saturated carbocycles. The predicted molar refractivity (Wildman–Crippen MR) is 63.4 cm³/mol. The molecule has 4 N–H and O–H groups in total. The first kappa shape index (κ1) is 10.9. The Balaban J connectivity index is 3.49. The molecule has 78 valence electrons. The van der Waals surface area contributed by atoms with Crippen LogP contribution in [0.1, 0.15) is 37.5 Å². The molecule has 0 aromatic heterocycles. The zero-order valence-electron chi connectivity index (χ0n) is 9.73. The van der Waals surface area contributed by atoms with Crippen LogP contribution in [-0.2, 0) is 5.41 Å². The molecular formula is C12H20N2. The first-order valence-electron chi connectivity index (χ1n) is 4.90. The fourth-order valence-electron chi connectivity index (χ4n) is 1.73. The second-order valence-electron chi connectivity index (χ2n) is 4.93. The van der Waals surface area contributed by atoms with Gasteiger partial charge in [-0.2, -0.15) is 0 Å². The second kappa shape index (κ2) is 3.19. The highest BCUT2D eigenvalue weighted by atomic mass is 14.6. The van der Waals surface area contributed by atoms with E-state index in [0.717, 1.165) is 22.5 Å². The molecule has 2 nitrogen and oxygen atoms in total. The van der Waals surface area contributed by atoms with Gasteiger partial charge < -0.3 is 11.5 Å². The predicted octanol–water partition coefficient (Wildman–Crippen LogP) is 2.77. The fraction of sp³-hybridized carbons (Fsp3) is 0.500. The van der Waals surface area contributed by atoms with Crippen molar-refractivity contribution in [1.29, 1.82) is 0 Å². The maximum Gasteiger partial charge on any atom is 0.0397 e. The van der Waals surface area contributed by atoms with Crippen molar-refractivity contribution in [2.75, 3.05) is 11.5 Å². The number of anilines is 2. The van der Waals surface area contributed by atoms with Gasteiger partial charge in [-0.1, -0.05) is 20.8 Å². The Morgan fingerprint density at radius 1 is 1.00 bits per heavy atom. The van der Waals surface area contributed by atoms with E-state index in [2.05, 4.69) is 27.7 Å². The molecule has 0 spiro atoms. The van der Waals surface area contributed by atoms with Crippen molar-refractivity contribution in [3.05, 3.63) is 22.8 Å². The summed E-state index contributed by atoms with van der Waals surface area (Å²) in [5.41, 5.74) is 17.0. The summed E-state index contributed by atoms with van der Waals surface area (Å²) in [5.74, 6) is 0. The number of nitrogen functional groups attached to an aromatic ring is 2. The van der Waals surface area contributed by atoms with Gasteiger partial charge in [-0.05, 0) is 42.0 Å². The molecule has 0 heterocycles. The number of hydrogen-bond acceptors (Lipinski definition) is 2. The van der Waals surface area contributed by atoms with E-state index >= 15 is 0 Å². The third kappa shape index (κ3) is 1.69. The van der Waals surface area contributed by atoms with Crippen LogP contribution in [0.4, 0.5) is 11.4 Å². The highest BCUT2D eigenvalue weighted by Crippen LogP contribution is 2.33. The standard InChI is InChI=1S/C12H20N2/c1-7-9(12(3,4)5)6-10(13)8(2)11(7)14/h6H,13-14H2,1-5H3. The van der Waals surface area contributed by atoms with Crippen LogP contribution >= 0.6 is 0 Å². The van der Waals surface area contributed by atoms with E-state index in [9.17, 15) is 0 Å². The van der Waals surface area contributed by atoms with Crippen molar-refractivity contribution in [2.24, 2.45) is 0 Å². The Hall–Kier alpha value is -1.18. The average molecular weight is 192 g/mol. The van der Waals surface area contributed by atoms with Crippen LogP contribution in [0, 0.1) is 13.8 Å². The summed E-state index contributed by atoms with van der Waals surface area (Å²) >= 11 is 0. The van der Waals surface area contributed by atoms with Crippen LogP contribution in [0.5, 0.6) is 0 Å². The highest BCUT2D eigenvalue weighted by molar-refractivity contribution is 5.68. The molecule has 0 unspecified atom stereocenters. The summed E-state index contributed by atoms with van der Waals surface area (Å²) in [4.78, 5) is 0. The van der Waals surface area contributed by atoms with Crippen LogP contribution in [0.3, 0.4) is 0 Å². The van der Waals surface area contributed by atoms with E-state index in [4.69, 9.17) is 11.5 Å². The van der Waals surface area contributed by atoms with E-state index in [1.54, 1.807) is 0 Å². The minimum Gasteiger partial charge on any atom is -0.398 e. The van der Waals surface area contributed by atoms with Crippen molar-refractivity contribution in [3.63, 3.8) is 0 Å². The zero-order chi connectivity index (χ0) is 11.1.